The van der Waals surface area contributed by atoms with Crippen molar-refractivity contribution in [2.75, 3.05) is 0 Å². The largest absolute Gasteiger partial charge is 0.410 e. The molecule has 2 N–H and O–H groups in total. The maximum atomic E-state index is 10.9. The highest BCUT2D eigenvalue weighted by Gasteiger charge is 2.21. The van der Waals surface area contributed by atoms with Gasteiger partial charge in [-0.25, -0.2) is 4.79 Å². The van der Waals surface area contributed by atoms with Gasteiger partial charge in [-0.15, -0.1) is 10.2 Å². The number of para-hydroxylation sites is 1. The minimum atomic E-state index is -0.840. The fourth-order valence-corrected chi connectivity index (χ4v) is 2.41. The van der Waals surface area contributed by atoms with E-state index in [1.807, 2.05) is 12.1 Å². The SMILES string of the molecule is CC(C)(C)c1nnc(-c2ccccc2OC(N)=O)s1. The summed E-state index contributed by atoms with van der Waals surface area (Å²) in [6.07, 6.45) is -0.840. The first-order valence-electron chi connectivity index (χ1n) is 5.78. The number of hydrogen-bond donors (Lipinski definition) is 1. The number of primary amides is 1. The number of carbonyl (C=O) groups excluding carboxylic acids is 1. The lowest BCUT2D eigenvalue weighted by Gasteiger charge is -2.12. The predicted octanol–water partition coefficient (Wildman–Crippen LogP) is 2.96. The van der Waals surface area contributed by atoms with Gasteiger partial charge >= 0.3 is 6.09 Å². The van der Waals surface area contributed by atoms with Gasteiger partial charge in [-0.05, 0) is 12.1 Å². The molecule has 2 rings (SSSR count). The molecule has 0 radical (unpaired) electrons. The van der Waals surface area contributed by atoms with Crippen LogP contribution in [-0.4, -0.2) is 16.3 Å². The second-order valence-corrected chi connectivity index (χ2v) is 6.06. The van der Waals surface area contributed by atoms with Gasteiger partial charge in [0.05, 0.1) is 5.56 Å². The Bertz CT molecular complexity index is 602. The van der Waals surface area contributed by atoms with Gasteiger partial charge in [0.15, 0.2) is 5.01 Å². The molecule has 0 spiro atoms. The number of amides is 1. The molecule has 0 atom stereocenters. The Balaban J connectivity index is 2.42. The molecule has 0 fully saturated rings. The van der Waals surface area contributed by atoms with Gasteiger partial charge in [0, 0.05) is 5.41 Å². The van der Waals surface area contributed by atoms with Crippen LogP contribution in [0.2, 0.25) is 0 Å². The molecule has 1 heterocycles. The van der Waals surface area contributed by atoms with Crippen LogP contribution in [0.15, 0.2) is 24.3 Å². The summed E-state index contributed by atoms with van der Waals surface area (Å²) in [5.74, 6) is 0.395. The summed E-state index contributed by atoms with van der Waals surface area (Å²) in [5, 5.41) is 9.98. The van der Waals surface area contributed by atoms with E-state index in [9.17, 15) is 4.79 Å². The lowest BCUT2D eigenvalue weighted by atomic mass is 9.98. The zero-order chi connectivity index (χ0) is 14.0. The molecule has 1 aromatic heterocycles. The van der Waals surface area contributed by atoms with Crippen LogP contribution in [-0.2, 0) is 5.41 Å². The first kappa shape index (κ1) is 13.5. The molecule has 0 aliphatic heterocycles. The van der Waals surface area contributed by atoms with Crippen LogP contribution in [0.4, 0.5) is 4.79 Å². The Morgan fingerprint density at radius 1 is 1.26 bits per heavy atom. The zero-order valence-electron chi connectivity index (χ0n) is 11.0. The number of nitrogens with zero attached hydrogens (tertiary/aromatic N) is 2. The van der Waals surface area contributed by atoms with Crippen LogP contribution in [0.5, 0.6) is 5.75 Å². The fourth-order valence-electron chi connectivity index (χ4n) is 1.48. The maximum Gasteiger partial charge on any atom is 0.409 e. The van der Waals surface area contributed by atoms with Crippen molar-refractivity contribution in [1.82, 2.24) is 10.2 Å². The Kier molecular flexibility index (Phi) is 3.53. The van der Waals surface area contributed by atoms with Crippen LogP contribution in [0.25, 0.3) is 10.6 Å². The van der Waals surface area contributed by atoms with Gasteiger partial charge in [-0.2, -0.15) is 0 Å². The average Bonchev–Trinajstić information content (AvgIpc) is 2.77. The molecule has 0 saturated carbocycles. The molecule has 5 nitrogen and oxygen atoms in total. The topological polar surface area (TPSA) is 78.1 Å². The van der Waals surface area contributed by atoms with Gasteiger partial charge in [0.1, 0.15) is 10.8 Å². The number of ether oxygens (including phenoxy) is 1. The number of benzene rings is 1. The van der Waals surface area contributed by atoms with Crippen molar-refractivity contribution in [3.05, 3.63) is 29.3 Å². The van der Waals surface area contributed by atoms with Crippen LogP contribution < -0.4 is 10.5 Å². The van der Waals surface area contributed by atoms with E-state index in [1.165, 1.54) is 11.3 Å². The quantitative estimate of drug-likeness (QED) is 0.915. The summed E-state index contributed by atoms with van der Waals surface area (Å²) in [6, 6.07) is 7.12. The summed E-state index contributed by atoms with van der Waals surface area (Å²) in [5.41, 5.74) is 5.71. The zero-order valence-corrected chi connectivity index (χ0v) is 11.8. The van der Waals surface area contributed by atoms with E-state index in [0.29, 0.717) is 16.3 Å². The molecule has 1 aromatic carbocycles. The van der Waals surface area contributed by atoms with Crippen molar-refractivity contribution in [2.45, 2.75) is 26.2 Å². The minimum Gasteiger partial charge on any atom is -0.410 e. The minimum absolute atomic E-state index is 0.0601. The van der Waals surface area contributed by atoms with Crippen LogP contribution in [0.1, 0.15) is 25.8 Å². The number of rotatable bonds is 2. The van der Waals surface area contributed by atoms with Gasteiger partial charge < -0.3 is 10.5 Å². The number of carbonyl (C=O) groups is 1. The summed E-state index contributed by atoms with van der Waals surface area (Å²) >= 11 is 1.48. The van der Waals surface area contributed by atoms with Gasteiger partial charge in [0.25, 0.3) is 0 Å². The molecular formula is C13H15N3O2S. The Hall–Kier alpha value is -1.95. The van der Waals surface area contributed by atoms with Crippen LogP contribution in [0, 0.1) is 0 Å². The van der Waals surface area contributed by atoms with Crippen molar-refractivity contribution >= 4 is 17.4 Å². The molecule has 0 bridgehead atoms. The molecule has 6 heteroatoms. The van der Waals surface area contributed by atoms with Crippen molar-refractivity contribution in [1.29, 1.82) is 0 Å². The van der Waals surface area contributed by atoms with Gasteiger partial charge in [0.2, 0.25) is 0 Å². The first-order chi connectivity index (χ1) is 8.88. The van der Waals surface area contributed by atoms with E-state index in [-0.39, 0.29) is 5.41 Å². The molecule has 2 aromatic rings. The summed E-state index contributed by atoms with van der Waals surface area (Å²) in [4.78, 5) is 10.9. The third-order valence-electron chi connectivity index (χ3n) is 2.39. The monoisotopic (exact) mass is 277 g/mol. The van der Waals surface area contributed by atoms with Crippen molar-refractivity contribution in [3.63, 3.8) is 0 Å². The van der Waals surface area contributed by atoms with Gasteiger partial charge in [-0.3, -0.25) is 0 Å². The number of aromatic nitrogens is 2. The van der Waals surface area contributed by atoms with Crippen LogP contribution in [0.3, 0.4) is 0 Å². The van der Waals surface area contributed by atoms with E-state index in [0.717, 1.165) is 5.01 Å². The summed E-state index contributed by atoms with van der Waals surface area (Å²) in [6.45, 7) is 6.22. The molecular weight excluding hydrogens is 262 g/mol. The number of hydrogen-bond acceptors (Lipinski definition) is 5. The van der Waals surface area contributed by atoms with E-state index < -0.39 is 6.09 Å². The van der Waals surface area contributed by atoms with Crippen molar-refractivity contribution in [3.8, 4) is 16.3 Å². The number of nitrogens with two attached hydrogens (primary N) is 1. The van der Waals surface area contributed by atoms with Gasteiger partial charge in [-0.1, -0.05) is 44.2 Å². The highest BCUT2D eigenvalue weighted by molar-refractivity contribution is 7.14. The summed E-state index contributed by atoms with van der Waals surface area (Å²) < 4.78 is 4.97. The molecule has 1 amide bonds. The second kappa shape index (κ2) is 4.97. The van der Waals surface area contributed by atoms with Crippen LogP contribution >= 0.6 is 11.3 Å². The molecule has 0 unspecified atom stereocenters. The fraction of sp³-hybridized carbons (Fsp3) is 0.308. The molecule has 0 aliphatic rings. The smallest absolute Gasteiger partial charge is 0.409 e. The van der Waals surface area contributed by atoms with Crippen molar-refractivity contribution in [2.24, 2.45) is 5.73 Å². The van der Waals surface area contributed by atoms with Crippen molar-refractivity contribution < 1.29 is 9.53 Å². The maximum absolute atomic E-state index is 10.9. The van der Waals surface area contributed by atoms with E-state index in [1.54, 1.807) is 12.1 Å². The third-order valence-corrected chi connectivity index (χ3v) is 3.78. The van der Waals surface area contributed by atoms with E-state index >= 15 is 0 Å². The highest BCUT2D eigenvalue weighted by Crippen LogP contribution is 2.35. The van der Waals surface area contributed by atoms with E-state index in [4.69, 9.17) is 10.5 Å². The third kappa shape index (κ3) is 3.08. The molecule has 19 heavy (non-hydrogen) atoms. The Morgan fingerprint density at radius 2 is 1.95 bits per heavy atom. The lowest BCUT2D eigenvalue weighted by molar-refractivity contribution is 0.211. The predicted molar refractivity (Wildman–Crippen MR) is 74.3 cm³/mol. The highest BCUT2D eigenvalue weighted by atomic mass is 32.1. The Morgan fingerprint density at radius 3 is 2.53 bits per heavy atom. The Labute approximate surface area is 115 Å². The second-order valence-electron chi connectivity index (χ2n) is 5.08. The molecule has 0 saturated heterocycles. The normalized spacial score (nSPS) is 11.3. The molecule has 100 valence electrons. The van der Waals surface area contributed by atoms with E-state index in [2.05, 4.69) is 31.0 Å². The summed E-state index contributed by atoms with van der Waals surface area (Å²) in [7, 11) is 0. The standard InChI is InChI=1S/C13H15N3O2S/c1-13(2,3)11-16-15-10(19-11)8-6-4-5-7-9(8)18-12(14)17/h4-7H,1-3H3,(H2,14,17). The molecule has 0 aliphatic carbocycles. The lowest BCUT2D eigenvalue weighted by Crippen LogP contribution is -2.16. The average molecular weight is 277 g/mol. The first-order valence-corrected chi connectivity index (χ1v) is 6.60.